The molecule has 1 N–H and O–H groups in total. The van der Waals surface area contributed by atoms with E-state index in [0.29, 0.717) is 29.4 Å². The maximum Gasteiger partial charge on any atom is 0.244 e. The van der Waals surface area contributed by atoms with E-state index in [-0.39, 0.29) is 12.1 Å². The van der Waals surface area contributed by atoms with Crippen LogP contribution in [0.3, 0.4) is 0 Å². The number of imidazole rings is 1. The van der Waals surface area contributed by atoms with E-state index >= 15 is 0 Å². The van der Waals surface area contributed by atoms with Crippen molar-refractivity contribution in [2.75, 3.05) is 6.79 Å². The van der Waals surface area contributed by atoms with Crippen molar-refractivity contribution < 1.29 is 14.2 Å². The molecular formula is C13H9ClN4O3. The first-order valence-electron chi connectivity index (χ1n) is 6.17. The molecule has 8 heteroatoms. The number of benzene rings is 1. The third kappa shape index (κ3) is 2.21. The summed E-state index contributed by atoms with van der Waals surface area (Å²) in [5.74, 6) is 1.81. The summed E-state index contributed by atoms with van der Waals surface area (Å²) in [6.07, 6.45) is 1.52. The Labute approximate surface area is 123 Å². The second kappa shape index (κ2) is 4.78. The van der Waals surface area contributed by atoms with Crippen LogP contribution in [0.2, 0.25) is 5.28 Å². The highest BCUT2D eigenvalue weighted by atomic mass is 35.5. The van der Waals surface area contributed by atoms with E-state index in [4.69, 9.17) is 25.8 Å². The summed E-state index contributed by atoms with van der Waals surface area (Å²) in [6.45, 7) is 0.564. The standard InChI is InChI=1S/C13H9ClN4O3/c14-13-17-11-10(15-5-16-11)12(18-13)19-4-7-1-2-8-9(3-7)21-6-20-8/h1-3,5H,4,6H2,(H,15,16,17,18). The normalized spacial score (nSPS) is 12.8. The van der Waals surface area contributed by atoms with Crippen molar-refractivity contribution >= 4 is 22.8 Å². The van der Waals surface area contributed by atoms with Crippen molar-refractivity contribution in [1.82, 2.24) is 19.9 Å². The molecule has 0 atom stereocenters. The fourth-order valence-electron chi connectivity index (χ4n) is 2.07. The number of H-pyrrole nitrogens is 1. The molecule has 0 saturated carbocycles. The zero-order valence-electron chi connectivity index (χ0n) is 10.7. The van der Waals surface area contributed by atoms with Crippen LogP contribution in [0, 0.1) is 0 Å². The molecule has 0 aliphatic carbocycles. The molecule has 0 fully saturated rings. The minimum atomic E-state index is 0.0929. The summed E-state index contributed by atoms with van der Waals surface area (Å²) in [6, 6.07) is 5.62. The average molecular weight is 305 g/mol. The van der Waals surface area contributed by atoms with E-state index in [0.717, 1.165) is 11.3 Å². The van der Waals surface area contributed by atoms with Crippen LogP contribution in [0.5, 0.6) is 17.4 Å². The highest BCUT2D eigenvalue weighted by molar-refractivity contribution is 6.28. The largest absolute Gasteiger partial charge is 0.471 e. The van der Waals surface area contributed by atoms with E-state index in [1.807, 2.05) is 18.2 Å². The van der Waals surface area contributed by atoms with E-state index in [1.54, 1.807) is 0 Å². The van der Waals surface area contributed by atoms with Crippen LogP contribution in [-0.4, -0.2) is 26.7 Å². The van der Waals surface area contributed by atoms with Gasteiger partial charge in [0.1, 0.15) is 12.1 Å². The smallest absolute Gasteiger partial charge is 0.244 e. The van der Waals surface area contributed by atoms with Crippen LogP contribution in [0.4, 0.5) is 0 Å². The highest BCUT2D eigenvalue weighted by Crippen LogP contribution is 2.33. The van der Waals surface area contributed by atoms with Crippen LogP contribution in [0.25, 0.3) is 11.2 Å². The second-order valence-corrected chi connectivity index (χ2v) is 4.71. The molecule has 0 bridgehead atoms. The average Bonchev–Trinajstić information content (AvgIpc) is 3.12. The Morgan fingerprint density at radius 2 is 2.14 bits per heavy atom. The Bertz CT molecular complexity index is 820. The lowest BCUT2D eigenvalue weighted by Crippen LogP contribution is -1.99. The minimum Gasteiger partial charge on any atom is -0.471 e. The molecule has 21 heavy (non-hydrogen) atoms. The molecule has 0 spiro atoms. The van der Waals surface area contributed by atoms with Gasteiger partial charge in [-0.2, -0.15) is 9.97 Å². The molecule has 1 aromatic carbocycles. The number of hydrogen-bond acceptors (Lipinski definition) is 6. The first-order chi connectivity index (χ1) is 10.3. The molecule has 7 nitrogen and oxygen atoms in total. The highest BCUT2D eigenvalue weighted by Gasteiger charge is 2.14. The summed E-state index contributed by atoms with van der Waals surface area (Å²) >= 11 is 5.85. The number of nitrogens with one attached hydrogen (secondary N) is 1. The van der Waals surface area contributed by atoms with Crippen molar-refractivity contribution in [1.29, 1.82) is 0 Å². The fourth-order valence-corrected chi connectivity index (χ4v) is 2.22. The summed E-state index contributed by atoms with van der Waals surface area (Å²) in [4.78, 5) is 15.0. The summed E-state index contributed by atoms with van der Waals surface area (Å²) in [5, 5.41) is 0.0929. The number of halogens is 1. The number of rotatable bonds is 3. The summed E-state index contributed by atoms with van der Waals surface area (Å²) in [7, 11) is 0. The van der Waals surface area contributed by atoms with Gasteiger partial charge in [0.05, 0.1) is 6.33 Å². The Morgan fingerprint density at radius 1 is 1.24 bits per heavy atom. The van der Waals surface area contributed by atoms with Crippen LogP contribution < -0.4 is 14.2 Å². The molecule has 3 aromatic rings. The third-order valence-corrected chi connectivity index (χ3v) is 3.21. The van der Waals surface area contributed by atoms with Gasteiger partial charge < -0.3 is 19.2 Å². The van der Waals surface area contributed by atoms with Gasteiger partial charge in [-0.15, -0.1) is 0 Å². The van der Waals surface area contributed by atoms with Crippen LogP contribution in [0.1, 0.15) is 5.56 Å². The number of hydrogen-bond donors (Lipinski definition) is 1. The summed E-state index contributed by atoms with van der Waals surface area (Å²) < 4.78 is 16.3. The summed E-state index contributed by atoms with van der Waals surface area (Å²) in [5.41, 5.74) is 2.01. The van der Waals surface area contributed by atoms with E-state index < -0.39 is 0 Å². The maximum atomic E-state index is 5.85. The molecular weight excluding hydrogens is 296 g/mol. The molecule has 1 aliphatic heterocycles. The molecule has 0 saturated heterocycles. The molecule has 0 radical (unpaired) electrons. The zero-order valence-corrected chi connectivity index (χ0v) is 11.4. The molecule has 2 aromatic heterocycles. The molecule has 1 aliphatic rings. The van der Waals surface area contributed by atoms with E-state index in [2.05, 4.69) is 19.9 Å². The lowest BCUT2D eigenvalue weighted by Gasteiger charge is -2.07. The van der Waals surface area contributed by atoms with E-state index in [1.165, 1.54) is 6.33 Å². The topological polar surface area (TPSA) is 82.1 Å². The van der Waals surface area contributed by atoms with Crippen molar-refractivity contribution in [3.63, 3.8) is 0 Å². The molecule has 0 amide bonds. The van der Waals surface area contributed by atoms with Crippen molar-refractivity contribution in [3.8, 4) is 17.4 Å². The van der Waals surface area contributed by atoms with Crippen molar-refractivity contribution in [2.45, 2.75) is 6.61 Å². The quantitative estimate of drug-likeness (QED) is 0.748. The third-order valence-electron chi connectivity index (χ3n) is 3.04. The fraction of sp³-hybridized carbons (Fsp3) is 0.154. The SMILES string of the molecule is Clc1nc(OCc2ccc3c(c2)OCO3)c2[nH]cnc2n1. The Hall–Kier alpha value is -2.54. The number of nitrogens with zero attached hydrogens (tertiary/aromatic N) is 3. The number of fused-ring (bicyclic) bond motifs is 2. The molecule has 3 heterocycles. The van der Waals surface area contributed by atoms with Crippen LogP contribution in [0.15, 0.2) is 24.5 Å². The second-order valence-electron chi connectivity index (χ2n) is 4.38. The first-order valence-corrected chi connectivity index (χ1v) is 6.55. The zero-order chi connectivity index (χ0) is 14.2. The minimum absolute atomic E-state index is 0.0929. The van der Waals surface area contributed by atoms with Gasteiger partial charge in [-0.3, -0.25) is 0 Å². The Kier molecular flexibility index (Phi) is 2.78. The van der Waals surface area contributed by atoms with Gasteiger partial charge in [0.25, 0.3) is 0 Å². The predicted molar refractivity (Wildman–Crippen MR) is 73.6 cm³/mol. The van der Waals surface area contributed by atoms with Crippen LogP contribution >= 0.6 is 11.6 Å². The first kappa shape index (κ1) is 12.2. The maximum absolute atomic E-state index is 5.85. The number of aromatic nitrogens is 4. The van der Waals surface area contributed by atoms with Gasteiger partial charge in [-0.1, -0.05) is 6.07 Å². The lowest BCUT2D eigenvalue weighted by molar-refractivity contribution is 0.174. The van der Waals surface area contributed by atoms with Crippen LogP contribution in [-0.2, 0) is 6.61 Å². The van der Waals surface area contributed by atoms with Gasteiger partial charge in [0, 0.05) is 0 Å². The van der Waals surface area contributed by atoms with Gasteiger partial charge in [-0.05, 0) is 29.3 Å². The van der Waals surface area contributed by atoms with Crippen molar-refractivity contribution in [3.05, 3.63) is 35.4 Å². The lowest BCUT2D eigenvalue weighted by atomic mass is 10.2. The van der Waals surface area contributed by atoms with Gasteiger partial charge in [-0.25, -0.2) is 4.98 Å². The number of ether oxygens (including phenoxy) is 3. The molecule has 0 unspecified atom stereocenters. The predicted octanol–water partition coefficient (Wildman–Crippen LogP) is 2.31. The van der Waals surface area contributed by atoms with Gasteiger partial charge in [0.15, 0.2) is 17.1 Å². The number of aromatic amines is 1. The van der Waals surface area contributed by atoms with Gasteiger partial charge >= 0.3 is 0 Å². The monoisotopic (exact) mass is 304 g/mol. The van der Waals surface area contributed by atoms with E-state index in [9.17, 15) is 0 Å². The molecule has 4 rings (SSSR count). The van der Waals surface area contributed by atoms with Crippen molar-refractivity contribution in [2.24, 2.45) is 0 Å². The van der Waals surface area contributed by atoms with Gasteiger partial charge in [0.2, 0.25) is 18.0 Å². The Morgan fingerprint density at radius 3 is 3.10 bits per heavy atom. The molecule has 106 valence electrons. The Balaban J connectivity index is 1.59.